The van der Waals surface area contributed by atoms with Crippen molar-refractivity contribution in [1.82, 2.24) is 39.4 Å². The Morgan fingerprint density at radius 1 is 0.515 bits per heavy atom. The van der Waals surface area contributed by atoms with Gasteiger partial charge in [0, 0.05) is 84.9 Å². The second kappa shape index (κ2) is 46.9. The SMILES string of the molecule is CC[C@H]1OC(=O)[C@H](C)C(=O)[C@H](C)[C@@H](O[C@@H]2O[C@H](C)C[C@H](N(C)C)[C@H]2O)[C@](C)(OC/C=C/c2cnc3ccccc3c2)C[C@@H](C)C(=O)[C@H](C)[C@H]2N(CC3CCN(C)CC3)C(=O)O[C@]12C.CC[C@H]1OC(=O)[C@H](C)C(=O)[C@H](C)[C@@H](O[C@@H]2O[C@H](C)C[C@H](N(C)C)[C@H]2OC(=O)c2ccccc2)[C@](C)(OC/C=C/c2cnc3ccccc3c2)C[C@@H](C)C(=O)[C@H](C)[C@H]2N(CC3CCN(C)CC3)C(=O)O[C@]12C.CO. The maximum Gasteiger partial charge on any atom is 0.410 e. The molecule has 3 aromatic carbocycles. The second-order valence-electron chi connectivity index (χ2n) is 40.9. The first-order valence-electron chi connectivity index (χ1n) is 49.1. The first kappa shape index (κ1) is 108. The van der Waals surface area contributed by atoms with Crippen LogP contribution in [-0.4, -0.2) is 313 Å². The number of piperidine rings is 2. The summed E-state index contributed by atoms with van der Waals surface area (Å²) < 4.78 is 72.1. The number of pyridine rings is 2. The highest BCUT2D eigenvalue weighted by Crippen LogP contribution is 2.48. The minimum Gasteiger partial charge on any atom is -0.458 e. The van der Waals surface area contributed by atoms with Gasteiger partial charge in [-0.2, -0.15) is 0 Å². The van der Waals surface area contributed by atoms with Crippen molar-refractivity contribution in [1.29, 1.82) is 0 Å². The van der Waals surface area contributed by atoms with Crippen molar-refractivity contribution < 1.29 is 105 Å². The number of nitrogens with zero attached hydrogens (tertiary/aromatic N) is 8. The lowest BCUT2D eigenvalue weighted by Gasteiger charge is -2.48. The summed E-state index contributed by atoms with van der Waals surface area (Å²) in [6, 6.07) is 26.2. The highest BCUT2D eigenvalue weighted by Gasteiger charge is 2.64. The number of carbonyl (C=O) groups is 9. The highest BCUT2D eigenvalue weighted by atomic mass is 16.7. The Labute approximate surface area is 804 Å². The molecule has 26 atom stereocenters. The summed E-state index contributed by atoms with van der Waals surface area (Å²) in [5, 5.41) is 20.7. The lowest BCUT2D eigenvalue weighted by Crippen LogP contribution is -2.61. The van der Waals surface area contributed by atoms with Gasteiger partial charge in [0.2, 0.25) is 0 Å². The van der Waals surface area contributed by atoms with Gasteiger partial charge in [-0.25, -0.2) is 14.4 Å². The van der Waals surface area contributed by atoms with Gasteiger partial charge in [0.05, 0.1) is 83.6 Å². The zero-order valence-electron chi connectivity index (χ0n) is 84.3. The molecule has 0 spiro atoms. The maximum absolute atomic E-state index is 15.3. The largest absolute Gasteiger partial charge is 0.458 e. The predicted octanol–water partition coefficient (Wildman–Crippen LogP) is 13.8. The number of carbonyl (C=O) groups excluding carboxylic acids is 9. The highest BCUT2D eigenvalue weighted by molar-refractivity contribution is 6.01. The van der Waals surface area contributed by atoms with E-state index in [4.69, 9.17) is 57.2 Å². The Balaban J connectivity index is 0.000000258. The molecule has 5 aromatic rings. The molecule has 30 heteroatoms. The lowest BCUT2D eigenvalue weighted by molar-refractivity contribution is -0.296. The number of ether oxygens (including phenoxy) is 11. The van der Waals surface area contributed by atoms with Crippen molar-refractivity contribution in [2.24, 2.45) is 59.2 Å². The van der Waals surface area contributed by atoms with E-state index >= 15 is 14.4 Å². The maximum atomic E-state index is 15.3. The minimum atomic E-state index is -1.44. The number of Topliss-reactive ketones (excluding diaryl/α,β-unsaturated/α-hetero) is 4. The molecule has 2 amide bonds. The number of esters is 3. The summed E-state index contributed by atoms with van der Waals surface area (Å²) in [7, 11) is 12.7. The van der Waals surface area contributed by atoms with Crippen LogP contribution in [0.25, 0.3) is 34.0 Å². The van der Waals surface area contributed by atoms with Crippen LogP contribution in [0.2, 0.25) is 0 Å². The number of hydrogen-bond donors (Lipinski definition) is 2. The molecule has 0 unspecified atom stereocenters. The average molecular weight is 1890 g/mol. The molecule has 8 saturated heterocycles. The fourth-order valence-corrected chi connectivity index (χ4v) is 22.3. The van der Waals surface area contributed by atoms with Crippen molar-refractivity contribution >= 4 is 87.2 Å². The predicted molar refractivity (Wildman–Crippen MR) is 517 cm³/mol. The minimum absolute atomic E-state index is 0.0262. The quantitative estimate of drug-likeness (QED) is 0.0369. The molecule has 30 nitrogen and oxygen atoms in total. The van der Waals surface area contributed by atoms with Crippen molar-refractivity contribution in [3.05, 3.63) is 132 Å². The van der Waals surface area contributed by atoms with E-state index in [2.05, 4.69) is 33.9 Å². The van der Waals surface area contributed by atoms with Gasteiger partial charge < -0.3 is 91.7 Å². The van der Waals surface area contributed by atoms with Gasteiger partial charge in [0.15, 0.2) is 41.5 Å². The fraction of sp³-hybridized carbons (Fsp3) is 0.651. The van der Waals surface area contributed by atoms with Gasteiger partial charge in [0.1, 0.15) is 41.7 Å². The topological polar surface area (TPSA) is 341 Å². The Morgan fingerprint density at radius 2 is 0.897 bits per heavy atom. The molecule has 2 aromatic heterocycles. The molecule has 13 rings (SSSR count). The van der Waals surface area contributed by atoms with E-state index in [0.29, 0.717) is 31.5 Å². The van der Waals surface area contributed by atoms with E-state index in [0.717, 1.165) is 91.9 Å². The third-order valence-electron chi connectivity index (χ3n) is 30.1. The number of rotatable bonds is 22. The molecule has 2 N–H and O–H groups in total. The van der Waals surface area contributed by atoms with Crippen LogP contribution in [-0.2, 0) is 80.9 Å². The van der Waals surface area contributed by atoms with Gasteiger partial charge in [-0.05, 0) is 247 Å². The first-order chi connectivity index (χ1) is 64.5. The number of hydrogen-bond acceptors (Lipinski definition) is 28. The Hall–Kier alpha value is -8.89. The Bertz CT molecular complexity index is 4970. The third-order valence-corrected chi connectivity index (χ3v) is 30.1. The fourth-order valence-electron chi connectivity index (χ4n) is 22.3. The molecule has 0 bridgehead atoms. The van der Waals surface area contributed by atoms with Crippen LogP contribution in [0.3, 0.4) is 0 Å². The zero-order chi connectivity index (χ0) is 99.3. The summed E-state index contributed by atoms with van der Waals surface area (Å²) in [5.74, 6) is -10.5. The van der Waals surface area contributed by atoms with Crippen molar-refractivity contribution in [2.75, 3.05) is 102 Å². The van der Waals surface area contributed by atoms with Crippen LogP contribution in [0.5, 0.6) is 0 Å². The second-order valence-corrected chi connectivity index (χ2v) is 40.9. The number of amides is 2. The summed E-state index contributed by atoms with van der Waals surface area (Å²) in [6.07, 6.45) is 5.97. The number of aliphatic hydroxyl groups is 2. The molecule has 136 heavy (non-hydrogen) atoms. The number of fused-ring (bicyclic) bond motifs is 4. The number of aliphatic hydroxyl groups excluding tert-OH is 2. The van der Waals surface area contributed by atoms with Crippen LogP contribution in [0.1, 0.15) is 196 Å². The molecule has 8 fully saturated rings. The van der Waals surface area contributed by atoms with Crippen molar-refractivity contribution in [3.63, 3.8) is 0 Å². The molecule has 8 aliphatic heterocycles. The number of para-hydroxylation sites is 2. The number of ketones is 4. The lowest BCUT2D eigenvalue weighted by atomic mass is 9.73. The van der Waals surface area contributed by atoms with Gasteiger partial charge >= 0.3 is 30.1 Å². The number of cyclic esters (lactones) is 2. The molecule has 8 aliphatic rings. The van der Waals surface area contributed by atoms with E-state index < -0.39 is 173 Å². The molecule has 0 radical (unpaired) electrons. The normalized spacial score (nSPS) is 35.0. The molecule has 10 heterocycles. The summed E-state index contributed by atoms with van der Waals surface area (Å²) in [6.45, 7) is 32.9. The summed E-state index contributed by atoms with van der Waals surface area (Å²) in [4.78, 5) is 152. The van der Waals surface area contributed by atoms with E-state index in [1.807, 2.05) is 198 Å². The van der Waals surface area contributed by atoms with Gasteiger partial charge in [0.25, 0.3) is 0 Å². The van der Waals surface area contributed by atoms with Crippen LogP contribution in [0.4, 0.5) is 9.59 Å². The van der Waals surface area contributed by atoms with Crippen LogP contribution in [0.15, 0.2) is 116 Å². The molecular formula is C106H152N8O22. The van der Waals surface area contributed by atoms with E-state index in [1.165, 1.54) is 13.8 Å². The van der Waals surface area contributed by atoms with Gasteiger partial charge in [-0.15, -0.1) is 0 Å². The molecule has 0 saturated carbocycles. The van der Waals surface area contributed by atoms with Gasteiger partial charge in [-0.1, -0.05) is 134 Å². The van der Waals surface area contributed by atoms with E-state index in [-0.39, 0.29) is 86.6 Å². The summed E-state index contributed by atoms with van der Waals surface area (Å²) in [5.41, 5.74) is -1.82. The first-order valence-corrected chi connectivity index (χ1v) is 49.1. The summed E-state index contributed by atoms with van der Waals surface area (Å²) >= 11 is 0. The Kier molecular flexibility index (Phi) is 37.1. The number of benzene rings is 3. The molecular weight excluding hydrogens is 1740 g/mol. The zero-order valence-corrected chi connectivity index (χ0v) is 84.3. The van der Waals surface area contributed by atoms with Crippen molar-refractivity contribution in [2.45, 2.75) is 283 Å². The smallest absolute Gasteiger partial charge is 0.410 e. The van der Waals surface area contributed by atoms with Crippen LogP contribution < -0.4 is 0 Å². The van der Waals surface area contributed by atoms with Crippen LogP contribution in [0, 0.1) is 59.2 Å². The molecule has 0 aliphatic carbocycles. The van der Waals surface area contributed by atoms with Gasteiger partial charge in [-0.3, -0.25) is 38.7 Å². The molecule has 748 valence electrons. The van der Waals surface area contributed by atoms with E-state index in [9.17, 15) is 33.9 Å². The standard InChI is InChI=1S/C56H76N4O11.C49H72N4O10.CH4O/c1-12-45-56(8)49(60(54(65)71-56)33-39-24-26-59(11)27-25-39)36(4)46(61)34(2)31-55(7,66-28-18-19-40-30-42-22-16-17-23-43(42)57-32-40)50(37(5)47(62)38(6)51(63)68-45)70-53-48(44(58(9)10)29-35(3)67-53)69-52(64)41-20-14-13-15-21-41;1-12-39-49(8)43(53(47(58)63-49)28-34-19-21-52(11)22-20-34)31(4)40(54)29(2)26-48(7,59-23-15-16-35-25-36-17-13-14-18-37(36)50-27-35)44(32(5)41(55)33(6)45(57)61-39)62-46-42(56)38(51(9)10)24-30(3)60-46;1-2/h13-23,30,32,34-39,44-45,48-50,53H,12,24-29,31,33H2,1-11H3;13-18,25,27,29-34,38-39,42-44,46,56H,12,19-24,26,28H2,1-11H3;2H,1H3/b19-18+;16-15+;/t34-,35-,36+,37+,38-,44+,45-,48-,49-,50-,53+,55-,56-;29-,30-,31+,32+,33-,38+,39-,42-,43-,44-,46+,48-,49-;/m11./s1. The number of likely N-dealkylation sites (N-methyl/N-ethyl adjacent to an activating group) is 2. The number of aromatic nitrogens is 2. The number of likely N-dealkylation sites (tertiary alicyclic amines) is 2. The van der Waals surface area contributed by atoms with Crippen molar-refractivity contribution in [3.8, 4) is 0 Å². The van der Waals surface area contributed by atoms with Crippen LogP contribution >= 0.6 is 0 Å². The monoisotopic (exact) mass is 1890 g/mol. The third kappa shape index (κ3) is 24.7. The average Bonchev–Trinajstić information content (AvgIpc) is 1.58. The van der Waals surface area contributed by atoms with E-state index in [1.54, 1.807) is 74.2 Å². The Morgan fingerprint density at radius 3 is 1.30 bits per heavy atom.